The molecule has 0 unspecified atom stereocenters. The van der Waals surface area contributed by atoms with Gasteiger partial charge in [0.05, 0.1) is 12.0 Å². The fraction of sp³-hybridized carbons (Fsp3) is 0.700. The fourth-order valence-electron chi connectivity index (χ4n) is 12.4. The molecule has 0 spiro atoms. The molecule has 47 heavy (non-hydrogen) atoms. The van der Waals surface area contributed by atoms with Crippen molar-refractivity contribution in [2.24, 2.45) is 50.7 Å². The minimum atomic E-state index is -0.845. The van der Waals surface area contributed by atoms with E-state index >= 15 is 0 Å². The van der Waals surface area contributed by atoms with Crippen LogP contribution in [-0.4, -0.2) is 36.1 Å². The van der Waals surface area contributed by atoms with E-state index in [0.717, 1.165) is 56.1 Å². The first-order valence-electron chi connectivity index (χ1n) is 17.9. The van der Waals surface area contributed by atoms with Crippen LogP contribution < -0.4 is 5.32 Å². The first kappa shape index (κ1) is 34.4. The van der Waals surface area contributed by atoms with E-state index in [1.54, 1.807) is 24.3 Å². The molecular formula is C40H54ClNO5. The molecule has 1 amide bonds. The number of fused-ring (bicyclic) bond motifs is 7. The maximum Gasteiger partial charge on any atom is 0.302 e. The minimum Gasteiger partial charge on any atom is -0.462 e. The topological polar surface area (TPSA) is 89.5 Å². The molecule has 8 atom stereocenters. The van der Waals surface area contributed by atoms with Crippen LogP contribution in [0.3, 0.4) is 0 Å². The molecule has 1 N–H and O–H groups in total. The third-order valence-corrected chi connectivity index (χ3v) is 15.0. The summed E-state index contributed by atoms with van der Waals surface area (Å²) in [6, 6.07) is 6.65. The molecule has 7 heteroatoms. The van der Waals surface area contributed by atoms with Gasteiger partial charge in [0.2, 0.25) is 0 Å². The highest BCUT2D eigenvalue weighted by atomic mass is 35.5. The van der Waals surface area contributed by atoms with Gasteiger partial charge >= 0.3 is 5.97 Å². The number of benzene rings is 1. The number of nitrogens with one attached hydrogen (secondary N) is 1. The Morgan fingerprint density at radius 1 is 0.894 bits per heavy atom. The van der Waals surface area contributed by atoms with Crippen LogP contribution in [0.5, 0.6) is 0 Å². The highest BCUT2D eigenvalue weighted by molar-refractivity contribution is 6.30. The largest absolute Gasteiger partial charge is 0.462 e. The summed E-state index contributed by atoms with van der Waals surface area (Å²) in [4.78, 5) is 53.3. The van der Waals surface area contributed by atoms with E-state index in [9.17, 15) is 19.2 Å². The van der Waals surface area contributed by atoms with Crippen molar-refractivity contribution in [2.45, 2.75) is 119 Å². The number of carbonyl (C=O) groups excluding carboxylic acids is 4. The standard InChI is InChI=1S/C40H54ClNO5/c1-23(2)33-28(44)21-40(31(45)22-42-35(46)25-9-11-26(41)12-10-25)20-19-38(7)27(34(33)40)13-14-30-37(6)17-16-32(47-24(3)43)36(4,5)29(37)15-18-39(30,38)8/h9-12,23,27,29-30,32H,13-22H2,1-8H3,(H,42,46)/t27-,29+,30-,32+,37+,38-,39-,40+/m1/s1. The van der Waals surface area contributed by atoms with Crippen molar-refractivity contribution >= 4 is 35.0 Å². The third-order valence-electron chi connectivity index (χ3n) is 14.7. The predicted octanol–water partition coefficient (Wildman–Crippen LogP) is 8.55. The van der Waals surface area contributed by atoms with E-state index in [1.807, 2.05) is 0 Å². The molecule has 1 aromatic rings. The summed E-state index contributed by atoms with van der Waals surface area (Å²) in [6.45, 7) is 17.8. The molecule has 0 heterocycles. The molecule has 0 aromatic heterocycles. The molecule has 4 saturated carbocycles. The molecule has 1 aromatic carbocycles. The van der Waals surface area contributed by atoms with Crippen molar-refractivity contribution < 1.29 is 23.9 Å². The molecule has 6 rings (SSSR count). The zero-order valence-electron chi connectivity index (χ0n) is 29.7. The van der Waals surface area contributed by atoms with Crippen LogP contribution in [0.2, 0.25) is 5.02 Å². The van der Waals surface area contributed by atoms with Gasteiger partial charge in [-0.3, -0.25) is 19.2 Å². The van der Waals surface area contributed by atoms with Gasteiger partial charge in [-0.05, 0) is 127 Å². The summed E-state index contributed by atoms with van der Waals surface area (Å²) in [5.41, 5.74) is 1.61. The number of rotatable bonds is 6. The van der Waals surface area contributed by atoms with Crippen LogP contribution in [0.15, 0.2) is 35.4 Å². The Hall–Kier alpha value is -2.47. The molecule has 5 aliphatic rings. The lowest BCUT2D eigenvalue weighted by Gasteiger charge is -2.72. The van der Waals surface area contributed by atoms with E-state index in [0.29, 0.717) is 28.8 Å². The van der Waals surface area contributed by atoms with Gasteiger partial charge in [-0.25, -0.2) is 0 Å². The zero-order valence-corrected chi connectivity index (χ0v) is 30.4. The second-order valence-corrected chi connectivity index (χ2v) is 17.8. The first-order valence-corrected chi connectivity index (χ1v) is 18.3. The van der Waals surface area contributed by atoms with E-state index in [-0.39, 0.29) is 76.0 Å². The number of allylic oxidation sites excluding steroid dienone is 2. The van der Waals surface area contributed by atoms with E-state index in [2.05, 4.69) is 53.8 Å². The maximum absolute atomic E-state index is 14.4. The molecule has 6 nitrogen and oxygen atoms in total. The molecule has 0 saturated heterocycles. The predicted molar refractivity (Wildman–Crippen MR) is 184 cm³/mol. The van der Waals surface area contributed by atoms with E-state index < -0.39 is 5.41 Å². The van der Waals surface area contributed by atoms with Crippen molar-refractivity contribution in [1.82, 2.24) is 5.32 Å². The average molecular weight is 664 g/mol. The number of hydrogen-bond donors (Lipinski definition) is 1. The summed E-state index contributed by atoms with van der Waals surface area (Å²) in [5, 5.41) is 3.43. The molecule has 256 valence electrons. The van der Waals surface area contributed by atoms with Gasteiger partial charge in [0, 0.05) is 29.3 Å². The van der Waals surface area contributed by atoms with Crippen molar-refractivity contribution in [1.29, 1.82) is 0 Å². The van der Waals surface area contributed by atoms with Gasteiger partial charge in [0.1, 0.15) is 6.10 Å². The molecule has 4 fully saturated rings. The smallest absolute Gasteiger partial charge is 0.302 e. The highest BCUT2D eigenvalue weighted by Gasteiger charge is 2.70. The second kappa shape index (κ2) is 11.6. The Kier molecular flexibility index (Phi) is 8.46. The fourth-order valence-corrected chi connectivity index (χ4v) is 12.5. The van der Waals surface area contributed by atoms with Crippen LogP contribution in [-0.2, 0) is 19.1 Å². The number of carbonyl (C=O) groups is 4. The van der Waals surface area contributed by atoms with Crippen molar-refractivity contribution in [3.8, 4) is 0 Å². The number of Topliss-reactive ketones (excluding diaryl/α,β-unsaturated/α-hetero) is 2. The van der Waals surface area contributed by atoms with Crippen LogP contribution in [0.4, 0.5) is 0 Å². The minimum absolute atomic E-state index is 0.0330. The Morgan fingerprint density at radius 2 is 1.57 bits per heavy atom. The van der Waals surface area contributed by atoms with Gasteiger partial charge in [0.25, 0.3) is 5.91 Å². The average Bonchev–Trinajstić information content (AvgIpc) is 3.31. The SMILES string of the molecule is CC(=O)O[C@H]1CC[C@]2(C)[C@H]3CC[C@@H]4C5=C(C(C)C)C(=O)C[C@]5(C(=O)CNC(=O)c5ccc(Cl)cc5)CC[C@@]4(C)[C@]3(C)CC[C@H]2C1(C)C. The Bertz CT molecular complexity index is 1530. The highest BCUT2D eigenvalue weighted by Crippen LogP contribution is 2.76. The lowest BCUT2D eigenvalue weighted by atomic mass is 9.33. The van der Waals surface area contributed by atoms with E-state index in [1.165, 1.54) is 6.92 Å². The Morgan fingerprint density at radius 3 is 2.21 bits per heavy atom. The van der Waals surface area contributed by atoms with Crippen LogP contribution in [0.25, 0.3) is 0 Å². The summed E-state index contributed by atoms with van der Waals surface area (Å²) >= 11 is 6.01. The summed E-state index contributed by atoms with van der Waals surface area (Å²) in [7, 11) is 0. The summed E-state index contributed by atoms with van der Waals surface area (Å²) in [5.74, 6) is 0.741. The summed E-state index contributed by atoms with van der Waals surface area (Å²) < 4.78 is 5.92. The number of ether oxygens (including phenoxy) is 1. The van der Waals surface area contributed by atoms with Gasteiger partial charge < -0.3 is 10.1 Å². The van der Waals surface area contributed by atoms with Crippen molar-refractivity contribution in [3.63, 3.8) is 0 Å². The van der Waals surface area contributed by atoms with Gasteiger partial charge in [0.15, 0.2) is 11.6 Å². The Labute approximate surface area is 286 Å². The van der Waals surface area contributed by atoms with Gasteiger partial charge in [-0.2, -0.15) is 0 Å². The zero-order chi connectivity index (χ0) is 34.3. The number of hydrogen-bond acceptors (Lipinski definition) is 5. The third kappa shape index (κ3) is 5.00. The van der Waals surface area contributed by atoms with Crippen molar-refractivity contribution in [2.75, 3.05) is 6.54 Å². The second-order valence-electron chi connectivity index (χ2n) is 17.3. The molecule has 0 aliphatic heterocycles. The van der Waals surface area contributed by atoms with E-state index in [4.69, 9.17) is 16.3 Å². The molecule has 5 aliphatic carbocycles. The number of halogens is 1. The molecular weight excluding hydrogens is 610 g/mol. The molecule has 0 radical (unpaired) electrons. The monoisotopic (exact) mass is 663 g/mol. The number of amides is 1. The van der Waals surface area contributed by atoms with Gasteiger partial charge in [-0.15, -0.1) is 0 Å². The van der Waals surface area contributed by atoms with Crippen LogP contribution in [0.1, 0.15) is 124 Å². The first-order chi connectivity index (χ1) is 21.9. The summed E-state index contributed by atoms with van der Waals surface area (Å²) in [6.07, 6.45) is 7.87. The lowest BCUT2D eigenvalue weighted by molar-refractivity contribution is -0.232. The van der Waals surface area contributed by atoms with Gasteiger partial charge in [-0.1, -0.05) is 60.1 Å². The van der Waals surface area contributed by atoms with Crippen LogP contribution >= 0.6 is 11.6 Å². The number of esters is 1. The quantitative estimate of drug-likeness (QED) is 0.308. The van der Waals surface area contributed by atoms with Crippen molar-refractivity contribution in [3.05, 3.63) is 46.0 Å². The maximum atomic E-state index is 14.4. The van der Waals surface area contributed by atoms with Crippen LogP contribution in [0, 0.1) is 50.7 Å². The Balaban J connectivity index is 1.32. The lowest BCUT2D eigenvalue weighted by Crippen LogP contribution is -2.66. The molecule has 0 bridgehead atoms. The normalized spacial score (nSPS) is 39.0. The number of ketones is 2.